The van der Waals surface area contributed by atoms with Crippen molar-refractivity contribution in [3.8, 4) is 16.9 Å². The Balaban J connectivity index is 1.27. The number of carbonyl (C=O) groups is 4. The largest absolute Gasteiger partial charge is 0.504 e. The van der Waals surface area contributed by atoms with Crippen molar-refractivity contribution in [3.63, 3.8) is 0 Å². The molecule has 1 aliphatic carbocycles. The molecule has 1 aromatic rings. The Bertz CT molecular complexity index is 1780. The van der Waals surface area contributed by atoms with Gasteiger partial charge in [0.25, 0.3) is 5.91 Å². The van der Waals surface area contributed by atoms with Gasteiger partial charge in [0.1, 0.15) is 22.5 Å². The van der Waals surface area contributed by atoms with Crippen LogP contribution in [0.15, 0.2) is 58.1 Å². The van der Waals surface area contributed by atoms with Gasteiger partial charge in [0.15, 0.2) is 16.6 Å². The maximum Gasteiger partial charge on any atom is 0.350 e. The number of nitrogens with one attached hydrogen (secondary N) is 1. The van der Waals surface area contributed by atoms with Crippen LogP contribution in [0.3, 0.4) is 0 Å². The monoisotopic (exact) mass is 656 g/mol. The van der Waals surface area contributed by atoms with Crippen molar-refractivity contribution in [1.82, 2.24) is 19.8 Å². The van der Waals surface area contributed by atoms with Gasteiger partial charge in [-0.05, 0) is 37.6 Å². The average Bonchev–Trinajstić information content (AvgIpc) is 3.41. The fourth-order valence-electron chi connectivity index (χ4n) is 4.67. The van der Waals surface area contributed by atoms with E-state index >= 15 is 0 Å². The molecule has 4 aliphatic rings. The lowest BCUT2D eigenvalue weighted by atomic mass is 9.86. The van der Waals surface area contributed by atoms with Crippen molar-refractivity contribution in [2.24, 2.45) is 10.6 Å². The summed E-state index contributed by atoms with van der Waals surface area (Å²) >= 11 is 2.22. The highest BCUT2D eigenvalue weighted by Crippen LogP contribution is 2.43. The van der Waals surface area contributed by atoms with Crippen molar-refractivity contribution >= 4 is 57.7 Å². The molecule has 2 fully saturated rings. The van der Waals surface area contributed by atoms with Crippen molar-refractivity contribution in [1.29, 1.82) is 0 Å². The van der Waals surface area contributed by atoms with E-state index in [0.717, 1.165) is 11.3 Å². The quantitative estimate of drug-likeness (QED) is 0.0892. The van der Waals surface area contributed by atoms with E-state index in [4.69, 9.17) is 10.6 Å². The number of amides is 2. The summed E-state index contributed by atoms with van der Waals surface area (Å²) in [5, 5.41) is 36.6. The minimum atomic E-state index is -1.76. The van der Waals surface area contributed by atoms with Crippen LogP contribution in [0.25, 0.3) is 11.1 Å². The molecule has 5 rings (SSSR count). The third kappa shape index (κ3) is 6.21. The normalized spacial score (nSPS) is 21.8. The summed E-state index contributed by atoms with van der Waals surface area (Å²) in [6, 6.07) is 3.41. The van der Waals surface area contributed by atoms with E-state index in [1.54, 1.807) is 35.2 Å². The number of benzene rings is 1. The number of phenols is 1. The Labute approximate surface area is 263 Å². The van der Waals surface area contributed by atoms with E-state index in [2.05, 4.69) is 15.5 Å². The molecule has 1 aromatic heterocycles. The predicted octanol–water partition coefficient (Wildman–Crippen LogP) is 1.01. The topological polar surface area (TPSA) is 227 Å². The number of nitrogen functional groups attached to an aromatic ring is 1. The van der Waals surface area contributed by atoms with Crippen LogP contribution in [-0.2, 0) is 30.6 Å². The third-order valence-corrected chi connectivity index (χ3v) is 9.57. The highest BCUT2D eigenvalue weighted by atomic mass is 32.2. The molecule has 3 atom stereocenters. The first-order valence-corrected chi connectivity index (χ1v) is 15.3. The van der Waals surface area contributed by atoms with Crippen LogP contribution in [0, 0.1) is 5.41 Å². The number of anilines is 1. The summed E-state index contributed by atoms with van der Waals surface area (Å²) in [5.74, 6) is -4.03. The van der Waals surface area contributed by atoms with Crippen LogP contribution in [0.1, 0.15) is 19.5 Å². The highest BCUT2D eigenvalue weighted by molar-refractivity contribution is 8.00. The average molecular weight is 657 g/mol. The lowest BCUT2D eigenvalue weighted by Gasteiger charge is -2.53. The van der Waals surface area contributed by atoms with E-state index in [1.807, 2.05) is 0 Å². The number of thiazole rings is 1. The fourth-order valence-corrected chi connectivity index (χ4v) is 6.74. The molecule has 3 aliphatic heterocycles. The van der Waals surface area contributed by atoms with Gasteiger partial charge in [-0.2, -0.15) is 0 Å². The van der Waals surface area contributed by atoms with Crippen LogP contribution in [0.4, 0.5) is 5.13 Å². The van der Waals surface area contributed by atoms with Crippen LogP contribution in [0.2, 0.25) is 0 Å². The van der Waals surface area contributed by atoms with Crippen LogP contribution < -0.4 is 16.5 Å². The number of oxime groups is 1. The SMILES string of the molecule is CC(C)(ON=C(C(=O)NC1C(=O)N2CC(C=CCn3ccc4cc(=O)c(O)cc-4c3)(C(=O)O)CS[C@H]12)c1csc(N)n1)C(=O)O. The number of allylic oxidation sites excluding steroid dienone is 1. The van der Waals surface area contributed by atoms with E-state index in [9.17, 15) is 39.3 Å². The first kappa shape index (κ1) is 31.5. The molecule has 0 radical (unpaired) electrons. The molecule has 2 unspecified atom stereocenters. The van der Waals surface area contributed by atoms with Crippen molar-refractivity contribution in [2.45, 2.75) is 37.4 Å². The summed E-state index contributed by atoms with van der Waals surface area (Å²) in [7, 11) is 0. The summed E-state index contributed by atoms with van der Waals surface area (Å²) < 4.78 is 1.76. The van der Waals surface area contributed by atoms with Gasteiger partial charge in [-0.1, -0.05) is 17.3 Å². The minimum Gasteiger partial charge on any atom is -0.504 e. The standard InChI is InChI=1S/C28H28N6O9S2/c1-27(2,24(39)40)43-32-19(16-11-44-26(29)30-16)21(37)31-20-22(38)34-12-28(25(41)42,13-45-23(20)34)5-3-6-33-7-4-14-8-17(35)18(36)9-15(14)10-33/h3-5,7-11,20,23,36H,6,12-13H2,1-2H3,(H2,29,30)(H,31,37)(H,39,40)(H,41,42)/t20?,23-,28?/m1/s1. The number of thioether (sulfide) groups is 1. The molecular formula is C28H28N6O9S2. The maximum atomic E-state index is 13.2. The molecule has 0 aromatic carbocycles. The Morgan fingerprint density at radius 3 is 2.69 bits per heavy atom. The zero-order valence-corrected chi connectivity index (χ0v) is 25.5. The number of hydrogen-bond acceptors (Lipinski definition) is 12. The molecule has 0 bridgehead atoms. The number of fused-ring (bicyclic) bond motifs is 2. The fraction of sp³-hybridized carbons (Fsp3) is 0.321. The summed E-state index contributed by atoms with van der Waals surface area (Å²) in [6.45, 7) is 2.66. The molecule has 4 heterocycles. The molecular weight excluding hydrogens is 628 g/mol. The molecule has 2 amide bonds. The van der Waals surface area contributed by atoms with Gasteiger partial charge < -0.3 is 40.7 Å². The Morgan fingerprint density at radius 1 is 1.27 bits per heavy atom. The number of β-lactam (4-membered cyclic amide) rings is 1. The number of hydrogen-bond donors (Lipinski definition) is 5. The smallest absolute Gasteiger partial charge is 0.350 e. The number of carbonyl (C=O) groups excluding carboxylic acids is 2. The van der Waals surface area contributed by atoms with Crippen LogP contribution in [0.5, 0.6) is 5.75 Å². The first-order chi connectivity index (χ1) is 21.2. The van der Waals surface area contributed by atoms with E-state index in [0.29, 0.717) is 11.1 Å². The summed E-state index contributed by atoms with van der Waals surface area (Å²) in [6.07, 6.45) is 6.66. The second-order valence-electron chi connectivity index (χ2n) is 11.0. The van der Waals surface area contributed by atoms with E-state index in [-0.39, 0.29) is 41.1 Å². The number of aromatic hydroxyl groups is 1. The minimum absolute atomic E-state index is 0.0300. The maximum absolute atomic E-state index is 13.2. The number of carboxylic acid groups (broad SMARTS) is 2. The van der Waals surface area contributed by atoms with E-state index in [1.165, 1.54) is 48.0 Å². The molecule has 6 N–H and O–H groups in total. The van der Waals surface area contributed by atoms with Gasteiger partial charge in [0.2, 0.25) is 16.9 Å². The molecule has 15 nitrogen and oxygen atoms in total. The van der Waals surface area contributed by atoms with Crippen molar-refractivity contribution < 1.29 is 39.3 Å². The zero-order chi connectivity index (χ0) is 32.7. The molecule has 17 heteroatoms. The Kier molecular flexibility index (Phi) is 8.33. The van der Waals surface area contributed by atoms with Gasteiger partial charge in [0, 0.05) is 42.2 Å². The van der Waals surface area contributed by atoms with Crippen molar-refractivity contribution in [3.05, 3.63) is 64.0 Å². The number of nitrogens with zero attached hydrogens (tertiary/aromatic N) is 4. The van der Waals surface area contributed by atoms with Gasteiger partial charge in [-0.25, -0.2) is 9.78 Å². The number of aromatic nitrogens is 2. The van der Waals surface area contributed by atoms with E-state index < -0.39 is 51.6 Å². The number of carboxylic acids is 2. The molecule has 0 spiro atoms. The summed E-state index contributed by atoms with van der Waals surface area (Å²) in [4.78, 5) is 72.4. The highest BCUT2D eigenvalue weighted by Gasteiger charge is 2.57. The van der Waals surface area contributed by atoms with Crippen molar-refractivity contribution in [2.75, 3.05) is 18.0 Å². The number of aliphatic carboxylic acids is 2. The second-order valence-corrected chi connectivity index (χ2v) is 13.0. The number of pyridine rings is 1. The van der Waals surface area contributed by atoms with Gasteiger partial charge in [-0.15, -0.1) is 23.1 Å². The third-order valence-electron chi connectivity index (χ3n) is 7.35. The number of nitrogens with two attached hydrogens (primary N) is 1. The number of phenolic OH excluding ortho intramolecular Hbond substituents is 1. The number of rotatable bonds is 10. The Hall–Kier alpha value is -4.90. The van der Waals surface area contributed by atoms with Gasteiger partial charge in [0.05, 0.1) is 0 Å². The lowest BCUT2D eigenvalue weighted by Crippen LogP contribution is -2.73. The molecule has 45 heavy (non-hydrogen) atoms. The molecule has 236 valence electrons. The predicted molar refractivity (Wildman–Crippen MR) is 164 cm³/mol. The lowest BCUT2D eigenvalue weighted by molar-refractivity contribution is -0.161. The second kappa shape index (κ2) is 11.9. The van der Waals surface area contributed by atoms with Gasteiger partial charge >= 0.3 is 11.9 Å². The Morgan fingerprint density at radius 2 is 2.02 bits per heavy atom. The first-order valence-electron chi connectivity index (χ1n) is 13.4. The van der Waals surface area contributed by atoms with Crippen LogP contribution in [-0.4, -0.2) is 88.5 Å². The van der Waals surface area contributed by atoms with Crippen LogP contribution >= 0.6 is 23.1 Å². The van der Waals surface area contributed by atoms with Gasteiger partial charge in [-0.3, -0.25) is 19.2 Å². The zero-order valence-electron chi connectivity index (χ0n) is 23.9. The molecule has 2 saturated heterocycles. The molecule has 0 saturated carbocycles. The summed E-state index contributed by atoms with van der Waals surface area (Å²) in [5.41, 5.74) is 3.00.